The lowest BCUT2D eigenvalue weighted by atomic mass is 10.1. The summed E-state index contributed by atoms with van der Waals surface area (Å²) in [6.45, 7) is 1.95. The monoisotopic (exact) mass is 379 g/mol. The summed E-state index contributed by atoms with van der Waals surface area (Å²) in [5, 5.41) is 2.56. The Balaban J connectivity index is 2.37. The Morgan fingerprint density at radius 1 is 1.11 bits per heavy atom. The van der Waals surface area contributed by atoms with Crippen LogP contribution >= 0.6 is 0 Å². The summed E-state index contributed by atoms with van der Waals surface area (Å²) in [5.74, 6) is -0.234. The first-order valence-corrected chi connectivity index (χ1v) is 8.49. The molecule has 1 aromatic rings. The molecule has 1 N–H and O–H groups in total. The van der Waals surface area contributed by atoms with E-state index in [0.29, 0.717) is 36.6 Å². The highest BCUT2D eigenvalue weighted by Gasteiger charge is 2.07. The third-order valence-corrected chi connectivity index (χ3v) is 3.37. The number of hydrogen-bond acceptors (Lipinski definition) is 7. The minimum absolute atomic E-state index is 0.221. The minimum Gasteiger partial charge on any atom is -0.497 e. The quantitative estimate of drug-likeness (QED) is 0.355. The molecular weight excluding hydrogens is 354 g/mol. The fraction of sp³-hybridized carbons (Fsp3) is 0.421. The number of amides is 1. The van der Waals surface area contributed by atoms with Crippen molar-refractivity contribution >= 4 is 23.9 Å². The first kappa shape index (κ1) is 22.0. The number of carbonyl (C=O) groups is 3. The van der Waals surface area contributed by atoms with E-state index in [2.05, 4.69) is 5.32 Å². The van der Waals surface area contributed by atoms with Crippen molar-refractivity contribution in [1.29, 1.82) is 0 Å². The molecule has 148 valence electrons. The smallest absolute Gasteiger partial charge is 0.331 e. The van der Waals surface area contributed by atoms with Gasteiger partial charge < -0.3 is 24.3 Å². The van der Waals surface area contributed by atoms with E-state index in [1.165, 1.54) is 26.4 Å². The first-order valence-electron chi connectivity index (χ1n) is 8.49. The van der Waals surface area contributed by atoms with E-state index < -0.39 is 18.5 Å². The van der Waals surface area contributed by atoms with Crippen molar-refractivity contribution in [3.05, 3.63) is 29.8 Å². The Morgan fingerprint density at radius 3 is 2.56 bits per heavy atom. The van der Waals surface area contributed by atoms with Crippen molar-refractivity contribution in [3.8, 4) is 11.5 Å². The van der Waals surface area contributed by atoms with Gasteiger partial charge >= 0.3 is 11.9 Å². The van der Waals surface area contributed by atoms with E-state index >= 15 is 0 Å². The van der Waals surface area contributed by atoms with Crippen molar-refractivity contribution in [2.75, 3.05) is 34.0 Å². The summed E-state index contributed by atoms with van der Waals surface area (Å²) in [6, 6.07) is 5.16. The molecule has 0 unspecified atom stereocenters. The van der Waals surface area contributed by atoms with Crippen molar-refractivity contribution in [2.24, 2.45) is 0 Å². The van der Waals surface area contributed by atoms with Crippen LogP contribution in [0, 0.1) is 0 Å². The number of hydrogen-bond donors (Lipinski definition) is 1. The molecule has 0 aliphatic carbocycles. The number of benzene rings is 1. The van der Waals surface area contributed by atoms with Crippen LogP contribution in [0.25, 0.3) is 6.08 Å². The molecule has 1 amide bonds. The van der Waals surface area contributed by atoms with Crippen LogP contribution in [0.2, 0.25) is 0 Å². The summed E-state index contributed by atoms with van der Waals surface area (Å²) in [5.41, 5.74) is 0.636. The predicted molar refractivity (Wildman–Crippen MR) is 98.4 cm³/mol. The van der Waals surface area contributed by atoms with Gasteiger partial charge in [0.15, 0.2) is 6.61 Å². The summed E-state index contributed by atoms with van der Waals surface area (Å²) < 4.78 is 20.0. The summed E-state index contributed by atoms with van der Waals surface area (Å²) in [6.07, 6.45) is 3.39. The normalized spacial score (nSPS) is 10.3. The van der Waals surface area contributed by atoms with Crippen molar-refractivity contribution in [3.63, 3.8) is 0 Å². The van der Waals surface area contributed by atoms with Crippen LogP contribution in [0.5, 0.6) is 11.5 Å². The molecule has 1 rings (SSSR count). The summed E-state index contributed by atoms with van der Waals surface area (Å²) >= 11 is 0. The molecule has 0 bridgehead atoms. The number of esters is 2. The van der Waals surface area contributed by atoms with Gasteiger partial charge in [0.25, 0.3) is 5.91 Å². The fourth-order valence-corrected chi connectivity index (χ4v) is 2.06. The van der Waals surface area contributed by atoms with E-state index in [1.807, 2.05) is 0 Å². The molecule has 0 radical (unpaired) electrons. The highest BCUT2D eigenvalue weighted by Crippen LogP contribution is 2.25. The summed E-state index contributed by atoms with van der Waals surface area (Å²) in [4.78, 5) is 34.5. The molecule has 0 aromatic heterocycles. The van der Waals surface area contributed by atoms with Crippen LogP contribution in [-0.2, 0) is 23.9 Å². The lowest BCUT2D eigenvalue weighted by Gasteiger charge is -2.07. The Bertz CT molecular complexity index is 670. The van der Waals surface area contributed by atoms with Gasteiger partial charge in [-0.25, -0.2) is 4.79 Å². The fourth-order valence-electron chi connectivity index (χ4n) is 2.06. The van der Waals surface area contributed by atoms with Gasteiger partial charge in [-0.3, -0.25) is 9.59 Å². The topological polar surface area (TPSA) is 100 Å². The van der Waals surface area contributed by atoms with Crippen LogP contribution < -0.4 is 14.8 Å². The van der Waals surface area contributed by atoms with Crippen LogP contribution in [0.4, 0.5) is 0 Å². The zero-order chi connectivity index (χ0) is 20.1. The largest absolute Gasteiger partial charge is 0.497 e. The van der Waals surface area contributed by atoms with Crippen molar-refractivity contribution in [2.45, 2.75) is 19.8 Å². The molecule has 0 aliphatic heterocycles. The number of methoxy groups -OCH3 is 2. The minimum atomic E-state index is -0.665. The van der Waals surface area contributed by atoms with Gasteiger partial charge in [0, 0.05) is 24.6 Å². The van der Waals surface area contributed by atoms with Crippen LogP contribution in [0.15, 0.2) is 24.3 Å². The van der Waals surface area contributed by atoms with Crippen LogP contribution in [-0.4, -0.2) is 51.8 Å². The number of carbonyl (C=O) groups excluding carboxylic acids is 3. The third-order valence-electron chi connectivity index (χ3n) is 3.37. The predicted octanol–water partition coefficient (Wildman–Crippen LogP) is 1.72. The maximum atomic E-state index is 11.7. The molecule has 0 aliphatic rings. The zero-order valence-corrected chi connectivity index (χ0v) is 15.8. The second-order valence-corrected chi connectivity index (χ2v) is 5.31. The molecule has 0 heterocycles. The van der Waals surface area contributed by atoms with E-state index in [0.717, 1.165) is 0 Å². The number of ether oxygens (including phenoxy) is 4. The van der Waals surface area contributed by atoms with Gasteiger partial charge in [-0.1, -0.05) is 0 Å². The number of nitrogens with one attached hydrogen (secondary N) is 1. The van der Waals surface area contributed by atoms with E-state index in [9.17, 15) is 14.4 Å². The molecule has 8 heteroatoms. The lowest BCUT2D eigenvalue weighted by Crippen LogP contribution is -2.29. The average Bonchev–Trinajstić information content (AvgIpc) is 2.67. The van der Waals surface area contributed by atoms with Gasteiger partial charge in [-0.05, 0) is 37.6 Å². The lowest BCUT2D eigenvalue weighted by molar-refractivity contribution is -0.143. The molecule has 0 atom stereocenters. The highest BCUT2D eigenvalue weighted by atomic mass is 16.5. The van der Waals surface area contributed by atoms with Crippen LogP contribution in [0.3, 0.4) is 0 Å². The second kappa shape index (κ2) is 12.3. The standard InChI is InChI=1S/C19H25NO7/c1-4-26-18(22)6-5-11-20-17(21)13-27-19(23)10-7-14-12-15(24-2)8-9-16(14)25-3/h7-10,12H,4-6,11,13H2,1-3H3,(H,20,21). The maximum absolute atomic E-state index is 11.7. The Hall–Kier alpha value is -3.03. The molecule has 1 aromatic carbocycles. The van der Waals surface area contributed by atoms with E-state index in [4.69, 9.17) is 18.9 Å². The highest BCUT2D eigenvalue weighted by molar-refractivity contribution is 5.89. The van der Waals surface area contributed by atoms with E-state index in [1.54, 1.807) is 25.1 Å². The summed E-state index contributed by atoms with van der Waals surface area (Å²) in [7, 11) is 3.05. The van der Waals surface area contributed by atoms with E-state index in [-0.39, 0.29) is 12.4 Å². The third kappa shape index (κ3) is 8.75. The van der Waals surface area contributed by atoms with Gasteiger partial charge in [0.1, 0.15) is 11.5 Å². The van der Waals surface area contributed by atoms with Gasteiger partial charge in [-0.15, -0.1) is 0 Å². The SMILES string of the molecule is CCOC(=O)CCCNC(=O)COC(=O)C=Cc1cc(OC)ccc1OC. The molecule has 27 heavy (non-hydrogen) atoms. The van der Waals surface area contributed by atoms with Crippen molar-refractivity contribution < 1.29 is 33.3 Å². The molecule has 0 saturated carbocycles. The number of rotatable bonds is 11. The van der Waals surface area contributed by atoms with Crippen molar-refractivity contribution in [1.82, 2.24) is 5.32 Å². The molecule has 0 saturated heterocycles. The Labute approximate surface area is 158 Å². The molecular formula is C19H25NO7. The zero-order valence-electron chi connectivity index (χ0n) is 15.8. The van der Waals surface area contributed by atoms with Gasteiger partial charge in [0.2, 0.25) is 0 Å². The Kier molecular flexibility index (Phi) is 10.1. The van der Waals surface area contributed by atoms with Gasteiger partial charge in [0.05, 0.1) is 20.8 Å². The molecule has 0 fully saturated rings. The maximum Gasteiger partial charge on any atom is 0.331 e. The molecule has 0 spiro atoms. The molecule has 8 nitrogen and oxygen atoms in total. The first-order chi connectivity index (χ1) is 13.0. The van der Waals surface area contributed by atoms with Gasteiger partial charge in [-0.2, -0.15) is 0 Å². The Morgan fingerprint density at radius 2 is 1.89 bits per heavy atom. The van der Waals surface area contributed by atoms with Crippen LogP contribution in [0.1, 0.15) is 25.3 Å². The second-order valence-electron chi connectivity index (χ2n) is 5.31. The average molecular weight is 379 g/mol.